The summed E-state index contributed by atoms with van der Waals surface area (Å²) < 4.78 is 13.1. The van der Waals surface area contributed by atoms with Crippen LogP contribution in [0, 0.1) is 6.92 Å². The van der Waals surface area contributed by atoms with Crippen LogP contribution in [0.4, 0.5) is 0 Å². The topological polar surface area (TPSA) is 62.3 Å². The van der Waals surface area contributed by atoms with E-state index in [1.807, 2.05) is 36.7 Å². The Morgan fingerprint density at radius 1 is 1.26 bits per heavy atom. The first-order valence-electron chi connectivity index (χ1n) is 6.33. The van der Waals surface area contributed by atoms with E-state index in [0.717, 1.165) is 34.3 Å². The van der Waals surface area contributed by atoms with Gasteiger partial charge in [0.05, 0.1) is 12.2 Å². The first-order chi connectivity index (χ1) is 9.20. The lowest BCUT2D eigenvalue weighted by Gasteiger charge is -2.18. The molecule has 1 aromatic heterocycles. The molecule has 0 spiro atoms. The molecule has 19 heavy (non-hydrogen) atoms. The summed E-state index contributed by atoms with van der Waals surface area (Å²) in [5.74, 6) is 2.45. The Hall–Kier alpha value is -2.01. The summed E-state index contributed by atoms with van der Waals surface area (Å²) >= 11 is 0. The van der Waals surface area contributed by atoms with E-state index >= 15 is 0 Å². The normalized spacial score (nSPS) is 13.6. The molecule has 2 heterocycles. The molecular formula is C14H17N3O2. The van der Waals surface area contributed by atoms with Crippen molar-refractivity contribution in [2.24, 2.45) is 12.8 Å². The fourth-order valence-electron chi connectivity index (χ4n) is 2.28. The number of imidazole rings is 1. The molecule has 1 aliphatic rings. The first-order valence-corrected chi connectivity index (χ1v) is 6.33. The summed E-state index contributed by atoms with van der Waals surface area (Å²) in [6.07, 6.45) is 0. The Labute approximate surface area is 112 Å². The first kappa shape index (κ1) is 12.0. The Morgan fingerprint density at radius 2 is 2.00 bits per heavy atom. The molecule has 0 fully saturated rings. The predicted molar refractivity (Wildman–Crippen MR) is 72.3 cm³/mol. The Morgan fingerprint density at radius 3 is 2.68 bits per heavy atom. The van der Waals surface area contributed by atoms with Crippen LogP contribution in [0.3, 0.4) is 0 Å². The third kappa shape index (κ3) is 1.96. The maximum Gasteiger partial charge on any atom is 0.162 e. The highest BCUT2D eigenvalue weighted by Crippen LogP contribution is 2.35. The van der Waals surface area contributed by atoms with Gasteiger partial charge in [-0.05, 0) is 25.1 Å². The van der Waals surface area contributed by atoms with Crippen molar-refractivity contribution in [1.29, 1.82) is 0 Å². The van der Waals surface area contributed by atoms with Gasteiger partial charge in [-0.25, -0.2) is 4.98 Å². The smallest absolute Gasteiger partial charge is 0.162 e. The van der Waals surface area contributed by atoms with Crippen LogP contribution in [0.25, 0.3) is 11.3 Å². The van der Waals surface area contributed by atoms with E-state index in [1.165, 1.54) is 0 Å². The fraction of sp³-hybridized carbons (Fsp3) is 0.357. The van der Waals surface area contributed by atoms with Crippen molar-refractivity contribution in [3.8, 4) is 22.8 Å². The largest absolute Gasteiger partial charge is 0.486 e. The number of fused-ring (bicyclic) bond motifs is 1. The molecule has 5 nitrogen and oxygen atoms in total. The summed E-state index contributed by atoms with van der Waals surface area (Å²) in [7, 11) is 1.98. The molecular weight excluding hydrogens is 242 g/mol. The molecule has 0 unspecified atom stereocenters. The number of rotatable bonds is 2. The lowest BCUT2D eigenvalue weighted by molar-refractivity contribution is 0.171. The molecule has 0 saturated carbocycles. The highest BCUT2D eigenvalue weighted by atomic mass is 16.6. The van der Waals surface area contributed by atoms with Crippen molar-refractivity contribution >= 4 is 0 Å². The second-order valence-electron chi connectivity index (χ2n) is 4.58. The highest BCUT2D eigenvalue weighted by molar-refractivity contribution is 5.66. The molecule has 2 N–H and O–H groups in total. The minimum atomic E-state index is 0.432. The second-order valence-corrected chi connectivity index (χ2v) is 4.58. The molecule has 1 aliphatic heterocycles. The molecule has 0 bridgehead atoms. The molecule has 5 heteroatoms. The van der Waals surface area contributed by atoms with E-state index in [4.69, 9.17) is 15.2 Å². The molecule has 0 saturated heterocycles. The van der Waals surface area contributed by atoms with Crippen LogP contribution in [0.1, 0.15) is 11.5 Å². The van der Waals surface area contributed by atoms with Crippen LogP contribution in [-0.4, -0.2) is 22.8 Å². The van der Waals surface area contributed by atoms with Crippen LogP contribution in [-0.2, 0) is 13.6 Å². The van der Waals surface area contributed by atoms with Gasteiger partial charge in [0.2, 0.25) is 0 Å². The van der Waals surface area contributed by atoms with Gasteiger partial charge >= 0.3 is 0 Å². The average molecular weight is 259 g/mol. The molecule has 0 atom stereocenters. The number of hydrogen-bond donors (Lipinski definition) is 1. The van der Waals surface area contributed by atoms with Gasteiger partial charge in [-0.3, -0.25) is 0 Å². The van der Waals surface area contributed by atoms with Gasteiger partial charge in [-0.2, -0.15) is 0 Å². The minimum Gasteiger partial charge on any atom is -0.486 e. The summed E-state index contributed by atoms with van der Waals surface area (Å²) in [4.78, 5) is 4.59. The molecule has 0 aliphatic carbocycles. The highest BCUT2D eigenvalue weighted by Gasteiger charge is 2.16. The van der Waals surface area contributed by atoms with Crippen molar-refractivity contribution in [2.75, 3.05) is 13.2 Å². The number of nitrogens with zero attached hydrogens (tertiary/aromatic N) is 2. The zero-order valence-electron chi connectivity index (χ0n) is 11.1. The molecule has 3 rings (SSSR count). The maximum atomic E-state index is 5.69. The maximum absolute atomic E-state index is 5.69. The zero-order valence-corrected chi connectivity index (χ0v) is 11.1. The molecule has 0 radical (unpaired) electrons. The van der Waals surface area contributed by atoms with Gasteiger partial charge in [-0.15, -0.1) is 0 Å². The van der Waals surface area contributed by atoms with Crippen molar-refractivity contribution in [3.63, 3.8) is 0 Å². The Bertz CT molecular complexity index is 619. The van der Waals surface area contributed by atoms with Gasteiger partial charge in [-0.1, -0.05) is 0 Å². The minimum absolute atomic E-state index is 0.432. The van der Waals surface area contributed by atoms with E-state index < -0.39 is 0 Å². The third-order valence-electron chi connectivity index (χ3n) is 3.47. The van der Waals surface area contributed by atoms with Gasteiger partial charge in [0, 0.05) is 18.3 Å². The molecule has 1 aromatic carbocycles. The summed E-state index contributed by atoms with van der Waals surface area (Å²) in [6, 6.07) is 5.91. The predicted octanol–water partition coefficient (Wildman–Crippen LogP) is 1.63. The quantitative estimate of drug-likeness (QED) is 0.890. The molecule has 2 aromatic rings. The second kappa shape index (κ2) is 4.59. The lowest BCUT2D eigenvalue weighted by atomic mass is 10.1. The van der Waals surface area contributed by atoms with Crippen molar-refractivity contribution in [2.45, 2.75) is 13.5 Å². The fourth-order valence-corrected chi connectivity index (χ4v) is 2.28. The van der Waals surface area contributed by atoms with Gasteiger partial charge in [0.1, 0.15) is 19.0 Å². The van der Waals surface area contributed by atoms with Crippen LogP contribution < -0.4 is 15.2 Å². The van der Waals surface area contributed by atoms with Crippen LogP contribution in [0.15, 0.2) is 18.2 Å². The van der Waals surface area contributed by atoms with Gasteiger partial charge in [0.15, 0.2) is 11.5 Å². The van der Waals surface area contributed by atoms with E-state index in [9.17, 15) is 0 Å². The molecule has 0 amide bonds. The average Bonchev–Trinajstić information content (AvgIpc) is 2.74. The van der Waals surface area contributed by atoms with Crippen LogP contribution in [0.2, 0.25) is 0 Å². The SMILES string of the molecule is Cc1c(-c2ccc3c(c2)OCCO3)nc(CN)n1C. The van der Waals surface area contributed by atoms with Crippen LogP contribution in [0.5, 0.6) is 11.5 Å². The van der Waals surface area contributed by atoms with Gasteiger partial charge < -0.3 is 19.8 Å². The number of hydrogen-bond acceptors (Lipinski definition) is 4. The van der Waals surface area contributed by atoms with Crippen LogP contribution >= 0.6 is 0 Å². The van der Waals surface area contributed by atoms with Gasteiger partial charge in [0.25, 0.3) is 0 Å². The van der Waals surface area contributed by atoms with Crippen molar-refractivity contribution < 1.29 is 9.47 Å². The van der Waals surface area contributed by atoms with Crippen molar-refractivity contribution in [3.05, 3.63) is 29.7 Å². The van der Waals surface area contributed by atoms with Crippen molar-refractivity contribution in [1.82, 2.24) is 9.55 Å². The van der Waals surface area contributed by atoms with E-state index in [-0.39, 0.29) is 0 Å². The monoisotopic (exact) mass is 259 g/mol. The standard InChI is InChI=1S/C14H17N3O2/c1-9-14(16-13(8-15)17(9)2)10-3-4-11-12(7-10)19-6-5-18-11/h3-4,7H,5-6,8,15H2,1-2H3. The number of nitrogens with two attached hydrogens (primary N) is 1. The summed E-state index contributed by atoms with van der Waals surface area (Å²) in [5, 5.41) is 0. The lowest BCUT2D eigenvalue weighted by Crippen LogP contribution is -2.15. The summed E-state index contributed by atoms with van der Waals surface area (Å²) in [6.45, 7) is 3.66. The third-order valence-corrected chi connectivity index (χ3v) is 3.47. The van der Waals surface area contributed by atoms with E-state index in [0.29, 0.717) is 19.8 Å². The number of benzene rings is 1. The number of ether oxygens (including phenoxy) is 2. The Kier molecular flexibility index (Phi) is 2.91. The van der Waals surface area contributed by atoms with E-state index in [2.05, 4.69) is 4.98 Å². The Balaban J connectivity index is 2.07. The molecule has 100 valence electrons. The zero-order chi connectivity index (χ0) is 13.4. The summed E-state index contributed by atoms with van der Waals surface area (Å²) in [5.41, 5.74) is 8.76. The number of aromatic nitrogens is 2. The van der Waals surface area contributed by atoms with E-state index in [1.54, 1.807) is 0 Å².